The van der Waals surface area contributed by atoms with Crippen molar-refractivity contribution in [2.75, 3.05) is 20.3 Å². The van der Waals surface area contributed by atoms with Crippen LogP contribution in [0.1, 0.15) is 18.4 Å². The molecule has 1 aromatic carbocycles. The Bertz CT molecular complexity index is 459. The van der Waals surface area contributed by atoms with Crippen LogP contribution in [-0.2, 0) is 11.3 Å². The first-order chi connectivity index (χ1) is 9.78. The molecule has 2 heterocycles. The maximum absolute atomic E-state index is 12.3. The lowest BCUT2D eigenvalue weighted by molar-refractivity contribution is 0.00631. The summed E-state index contributed by atoms with van der Waals surface area (Å²) in [6.07, 6.45) is 2.11. The highest BCUT2D eigenvalue weighted by Gasteiger charge is 2.40. The van der Waals surface area contributed by atoms with E-state index in [-0.39, 0.29) is 18.1 Å². The first-order valence-corrected chi connectivity index (χ1v) is 7.05. The van der Waals surface area contributed by atoms with Crippen LogP contribution in [0.2, 0.25) is 0 Å². The Kier molecular flexibility index (Phi) is 3.78. The summed E-state index contributed by atoms with van der Waals surface area (Å²) in [5.41, 5.74) is 1.07. The molecule has 0 unspecified atom stereocenters. The van der Waals surface area contributed by atoms with Crippen molar-refractivity contribution < 1.29 is 14.3 Å². The van der Waals surface area contributed by atoms with Crippen LogP contribution in [-0.4, -0.2) is 43.3 Å². The molecule has 2 amide bonds. The summed E-state index contributed by atoms with van der Waals surface area (Å²) >= 11 is 0. The Morgan fingerprint density at radius 2 is 1.95 bits per heavy atom. The number of carbonyl (C=O) groups is 1. The fraction of sp³-hybridized carbons (Fsp3) is 0.533. The summed E-state index contributed by atoms with van der Waals surface area (Å²) in [5.74, 6) is 0.825. The van der Waals surface area contributed by atoms with Gasteiger partial charge in [0.05, 0.1) is 32.4 Å². The largest absolute Gasteiger partial charge is 0.497 e. The van der Waals surface area contributed by atoms with Gasteiger partial charge in [0.1, 0.15) is 5.75 Å². The number of rotatable bonds is 3. The van der Waals surface area contributed by atoms with E-state index in [9.17, 15) is 4.79 Å². The molecule has 20 heavy (non-hydrogen) atoms. The second kappa shape index (κ2) is 5.71. The predicted molar refractivity (Wildman–Crippen MR) is 74.7 cm³/mol. The van der Waals surface area contributed by atoms with Crippen LogP contribution < -0.4 is 10.1 Å². The number of ether oxygens (including phenoxy) is 2. The standard InChI is InChI=1S/C15H20N2O3/c1-19-14-6-2-11(3-7-14)8-16-15(18)17-12-4-5-13(17)10-20-9-12/h2-3,6-7,12-13H,4-5,8-10H2,1H3,(H,16,18)/t12-,13-/m0/s1. The van der Waals surface area contributed by atoms with E-state index in [4.69, 9.17) is 9.47 Å². The zero-order chi connectivity index (χ0) is 13.9. The van der Waals surface area contributed by atoms with Gasteiger partial charge in [-0.25, -0.2) is 4.79 Å². The number of nitrogens with one attached hydrogen (secondary N) is 1. The van der Waals surface area contributed by atoms with Gasteiger partial charge in [-0.1, -0.05) is 12.1 Å². The van der Waals surface area contributed by atoms with Gasteiger partial charge in [-0.2, -0.15) is 0 Å². The summed E-state index contributed by atoms with van der Waals surface area (Å²) in [6, 6.07) is 8.27. The molecule has 1 aromatic rings. The van der Waals surface area contributed by atoms with Crippen LogP contribution >= 0.6 is 0 Å². The highest BCUT2D eigenvalue weighted by atomic mass is 16.5. The maximum atomic E-state index is 12.3. The number of carbonyl (C=O) groups excluding carboxylic acids is 1. The molecule has 2 bridgehead atoms. The van der Waals surface area contributed by atoms with Crippen molar-refractivity contribution in [1.82, 2.24) is 10.2 Å². The molecule has 2 saturated heterocycles. The molecule has 2 fully saturated rings. The highest BCUT2D eigenvalue weighted by molar-refractivity contribution is 5.75. The Morgan fingerprint density at radius 3 is 2.55 bits per heavy atom. The molecular formula is C15H20N2O3. The molecule has 2 aliphatic heterocycles. The van der Waals surface area contributed by atoms with Gasteiger partial charge in [0, 0.05) is 6.54 Å². The van der Waals surface area contributed by atoms with Crippen molar-refractivity contribution in [3.05, 3.63) is 29.8 Å². The lowest BCUT2D eigenvalue weighted by Gasteiger charge is -2.34. The van der Waals surface area contributed by atoms with Crippen molar-refractivity contribution in [2.24, 2.45) is 0 Å². The molecule has 2 atom stereocenters. The van der Waals surface area contributed by atoms with E-state index in [0.29, 0.717) is 19.8 Å². The van der Waals surface area contributed by atoms with Gasteiger partial charge in [0.15, 0.2) is 0 Å². The number of amides is 2. The number of morpholine rings is 1. The lowest BCUT2D eigenvalue weighted by Crippen LogP contribution is -2.52. The topological polar surface area (TPSA) is 50.8 Å². The van der Waals surface area contributed by atoms with E-state index in [0.717, 1.165) is 24.2 Å². The van der Waals surface area contributed by atoms with Crippen molar-refractivity contribution in [2.45, 2.75) is 31.5 Å². The molecule has 0 aliphatic carbocycles. The smallest absolute Gasteiger partial charge is 0.318 e. The van der Waals surface area contributed by atoms with Gasteiger partial charge >= 0.3 is 6.03 Å². The van der Waals surface area contributed by atoms with E-state index in [2.05, 4.69) is 5.32 Å². The Balaban J connectivity index is 1.56. The molecule has 108 valence electrons. The van der Waals surface area contributed by atoms with Crippen LogP contribution in [0.3, 0.4) is 0 Å². The molecule has 0 radical (unpaired) electrons. The second-order valence-electron chi connectivity index (χ2n) is 5.34. The third-order valence-corrected chi connectivity index (χ3v) is 4.08. The lowest BCUT2D eigenvalue weighted by atomic mass is 10.2. The van der Waals surface area contributed by atoms with Crippen LogP contribution in [0.25, 0.3) is 0 Å². The molecule has 5 heteroatoms. The second-order valence-corrected chi connectivity index (χ2v) is 5.34. The number of hydrogen-bond donors (Lipinski definition) is 1. The SMILES string of the molecule is COc1ccc(CNC(=O)N2[C@H]3CC[C@H]2COC3)cc1. The first-order valence-electron chi connectivity index (χ1n) is 7.05. The van der Waals surface area contributed by atoms with E-state index in [1.807, 2.05) is 29.2 Å². The highest BCUT2D eigenvalue weighted by Crippen LogP contribution is 2.28. The van der Waals surface area contributed by atoms with E-state index in [1.54, 1.807) is 7.11 Å². The number of hydrogen-bond acceptors (Lipinski definition) is 3. The number of methoxy groups -OCH3 is 1. The molecular weight excluding hydrogens is 256 g/mol. The zero-order valence-corrected chi connectivity index (χ0v) is 11.7. The van der Waals surface area contributed by atoms with Gasteiger partial charge in [0.25, 0.3) is 0 Å². The minimum atomic E-state index is 0.0246. The van der Waals surface area contributed by atoms with E-state index < -0.39 is 0 Å². The number of benzene rings is 1. The van der Waals surface area contributed by atoms with Crippen LogP contribution in [0.4, 0.5) is 4.79 Å². The average molecular weight is 276 g/mol. The predicted octanol–water partition coefficient (Wildman–Crippen LogP) is 1.77. The Labute approximate surface area is 118 Å². The van der Waals surface area contributed by atoms with Crippen LogP contribution in [0, 0.1) is 0 Å². The van der Waals surface area contributed by atoms with Crippen molar-refractivity contribution in [1.29, 1.82) is 0 Å². The molecule has 1 N–H and O–H groups in total. The van der Waals surface area contributed by atoms with Crippen LogP contribution in [0.5, 0.6) is 5.75 Å². The first kappa shape index (κ1) is 13.2. The fourth-order valence-electron chi connectivity index (χ4n) is 2.97. The van der Waals surface area contributed by atoms with Gasteiger partial charge in [0.2, 0.25) is 0 Å². The minimum absolute atomic E-state index is 0.0246. The van der Waals surface area contributed by atoms with E-state index in [1.165, 1.54) is 0 Å². The Hall–Kier alpha value is -1.75. The third kappa shape index (κ3) is 2.58. The van der Waals surface area contributed by atoms with Gasteiger partial charge in [-0.3, -0.25) is 0 Å². The summed E-state index contributed by atoms with van der Waals surface area (Å²) < 4.78 is 10.6. The molecule has 0 saturated carbocycles. The fourth-order valence-corrected chi connectivity index (χ4v) is 2.97. The summed E-state index contributed by atoms with van der Waals surface area (Å²) in [7, 11) is 1.64. The Morgan fingerprint density at radius 1 is 1.30 bits per heavy atom. The van der Waals surface area contributed by atoms with Crippen LogP contribution in [0.15, 0.2) is 24.3 Å². The van der Waals surface area contributed by atoms with Crippen molar-refractivity contribution in [3.63, 3.8) is 0 Å². The quantitative estimate of drug-likeness (QED) is 0.915. The molecule has 2 aliphatic rings. The van der Waals surface area contributed by atoms with Gasteiger partial charge in [-0.15, -0.1) is 0 Å². The monoisotopic (exact) mass is 276 g/mol. The summed E-state index contributed by atoms with van der Waals surface area (Å²) in [4.78, 5) is 14.3. The van der Waals surface area contributed by atoms with E-state index >= 15 is 0 Å². The summed E-state index contributed by atoms with van der Waals surface area (Å²) in [6.45, 7) is 1.89. The number of urea groups is 1. The zero-order valence-electron chi connectivity index (χ0n) is 11.7. The van der Waals surface area contributed by atoms with Crippen molar-refractivity contribution in [3.8, 4) is 5.75 Å². The number of fused-ring (bicyclic) bond motifs is 2. The maximum Gasteiger partial charge on any atom is 0.318 e. The normalized spacial score (nSPS) is 24.6. The van der Waals surface area contributed by atoms with Gasteiger partial charge in [-0.05, 0) is 30.5 Å². The molecule has 5 nitrogen and oxygen atoms in total. The third-order valence-electron chi connectivity index (χ3n) is 4.08. The molecule has 3 rings (SSSR count). The average Bonchev–Trinajstić information content (AvgIpc) is 2.75. The molecule has 0 spiro atoms. The van der Waals surface area contributed by atoms with Gasteiger partial charge < -0.3 is 19.7 Å². The minimum Gasteiger partial charge on any atom is -0.497 e. The van der Waals surface area contributed by atoms with Crippen molar-refractivity contribution >= 4 is 6.03 Å². The molecule has 0 aromatic heterocycles. The summed E-state index contributed by atoms with van der Waals surface area (Å²) in [5, 5.41) is 3.00. The number of nitrogens with zero attached hydrogens (tertiary/aromatic N) is 1.